The third-order valence-corrected chi connectivity index (χ3v) is 5.34. The van der Waals surface area contributed by atoms with Crippen LogP contribution in [0.5, 0.6) is 0 Å². The molecule has 3 aliphatic rings. The summed E-state index contributed by atoms with van der Waals surface area (Å²) >= 11 is 0. The third kappa shape index (κ3) is 5.03. The van der Waals surface area contributed by atoms with Gasteiger partial charge >= 0.3 is 0 Å². The predicted octanol–water partition coefficient (Wildman–Crippen LogP) is 1.73. The van der Waals surface area contributed by atoms with Crippen LogP contribution in [-0.4, -0.2) is 62.9 Å². The molecule has 0 radical (unpaired) electrons. The zero-order valence-electron chi connectivity index (χ0n) is 14.1. The number of hydrogen-bond acceptors (Lipinski definition) is 4. The first-order valence-corrected chi connectivity index (χ1v) is 9.20. The number of ether oxygens (including phenoxy) is 2. The van der Waals surface area contributed by atoms with Crippen LogP contribution in [0, 0.1) is 5.92 Å². The van der Waals surface area contributed by atoms with Gasteiger partial charge in [0.05, 0.1) is 19.8 Å². The second kappa shape index (κ2) is 8.81. The number of nitrogens with one attached hydrogen (secondary N) is 1. The van der Waals surface area contributed by atoms with Gasteiger partial charge < -0.3 is 14.8 Å². The Morgan fingerprint density at radius 2 is 1.96 bits per heavy atom. The van der Waals surface area contributed by atoms with E-state index < -0.39 is 0 Å². The quantitative estimate of drug-likeness (QED) is 0.783. The van der Waals surface area contributed by atoms with Crippen LogP contribution in [0.2, 0.25) is 0 Å². The van der Waals surface area contributed by atoms with E-state index in [2.05, 4.69) is 10.2 Å². The van der Waals surface area contributed by atoms with Crippen molar-refractivity contribution in [3.05, 3.63) is 11.6 Å². The lowest BCUT2D eigenvalue weighted by Gasteiger charge is -2.37. The van der Waals surface area contributed by atoms with Crippen LogP contribution in [0.3, 0.4) is 0 Å². The number of rotatable bonds is 5. The van der Waals surface area contributed by atoms with Gasteiger partial charge in [-0.3, -0.25) is 9.69 Å². The van der Waals surface area contributed by atoms with Crippen LogP contribution < -0.4 is 5.32 Å². The van der Waals surface area contributed by atoms with Gasteiger partial charge in [-0.05, 0) is 32.1 Å². The Kier molecular flexibility index (Phi) is 6.48. The summed E-state index contributed by atoms with van der Waals surface area (Å²) in [6.07, 6.45) is 8.90. The number of amides is 1. The first-order valence-electron chi connectivity index (χ1n) is 9.20. The lowest BCUT2D eigenvalue weighted by molar-refractivity contribution is -0.117. The standard InChI is InChI=1S/C18H30N2O3/c21-18(12-15-4-2-1-3-5-15)19-13-17(16-6-9-23-14-16)20-7-10-22-11-8-20/h12,16-17H,1-11,13-14H2,(H,19,21)/t16-,17-/m1/s1. The van der Waals surface area contributed by atoms with Crippen LogP contribution in [-0.2, 0) is 14.3 Å². The van der Waals surface area contributed by atoms with Crippen LogP contribution in [0.1, 0.15) is 38.5 Å². The number of allylic oxidation sites excluding steroid dienone is 1. The fourth-order valence-corrected chi connectivity index (χ4v) is 3.95. The summed E-state index contributed by atoms with van der Waals surface area (Å²) in [5.74, 6) is 0.606. The van der Waals surface area contributed by atoms with Gasteiger partial charge in [0, 0.05) is 44.3 Å². The highest BCUT2D eigenvalue weighted by Gasteiger charge is 2.31. The Hall–Kier alpha value is -0.910. The van der Waals surface area contributed by atoms with Crippen molar-refractivity contribution in [3.63, 3.8) is 0 Å². The highest BCUT2D eigenvalue weighted by atomic mass is 16.5. The van der Waals surface area contributed by atoms with Crippen molar-refractivity contribution in [1.82, 2.24) is 10.2 Å². The molecule has 2 saturated heterocycles. The molecule has 23 heavy (non-hydrogen) atoms. The maximum absolute atomic E-state index is 12.3. The molecule has 0 spiro atoms. The van der Waals surface area contributed by atoms with E-state index in [1.807, 2.05) is 6.08 Å². The number of nitrogens with zero attached hydrogens (tertiary/aromatic N) is 1. The first kappa shape index (κ1) is 16.9. The summed E-state index contributed by atoms with van der Waals surface area (Å²) in [6, 6.07) is 0.370. The van der Waals surface area contributed by atoms with Crippen molar-refractivity contribution < 1.29 is 14.3 Å². The molecule has 3 rings (SSSR count). The Labute approximate surface area is 139 Å². The van der Waals surface area contributed by atoms with Crippen molar-refractivity contribution in [3.8, 4) is 0 Å². The van der Waals surface area contributed by atoms with E-state index in [0.29, 0.717) is 12.0 Å². The summed E-state index contributed by atoms with van der Waals surface area (Å²) in [5.41, 5.74) is 1.32. The fourth-order valence-electron chi connectivity index (χ4n) is 3.95. The molecule has 1 aliphatic carbocycles. The molecule has 130 valence electrons. The molecule has 2 atom stereocenters. The van der Waals surface area contributed by atoms with Crippen LogP contribution in [0.25, 0.3) is 0 Å². The zero-order chi connectivity index (χ0) is 15.9. The fraction of sp³-hybridized carbons (Fsp3) is 0.833. The highest BCUT2D eigenvalue weighted by Crippen LogP contribution is 2.23. The minimum Gasteiger partial charge on any atom is -0.381 e. The molecule has 1 saturated carbocycles. The SMILES string of the molecule is O=C(C=C1CCCCC1)NC[C@H]([C@@H]1CCOC1)N1CCOCC1. The van der Waals surface area contributed by atoms with Gasteiger partial charge in [-0.15, -0.1) is 0 Å². The summed E-state index contributed by atoms with van der Waals surface area (Å²) < 4.78 is 11.0. The van der Waals surface area contributed by atoms with Gasteiger partial charge in [0.1, 0.15) is 0 Å². The van der Waals surface area contributed by atoms with Crippen LogP contribution in [0.15, 0.2) is 11.6 Å². The second-order valence-electron chi connectivity index (χ2n) is 6.95. The molecule has 5 nitrogen and oxygen atoms in total. The molecule has 0 aromatic rings. The third-order valence-electron chi connectivity index (χ3n) is 5.34. The minimum atomic E-state index is 0.0825. The van der Waals surface area contributed by atoms with Gasteiger partial charge in [-0.1, -0.05) is 12.0 Å². The largest absolute Gasteiger partial charge is 0.381 e. The molecule has 2 aliphatic heterocycles. The zero-order valence-corrected chi connectivity index (χ0v) is 14.1. The average Bonchev–Trinajstić information content (AvgIpc) is 3.11. The van der Waals surface area contributed by atoms with Crippen molar-refractivity contribution in [2.24, 2.45) is 5.92 Å². The van der Waals surface area contributed by atoms with Crippen LogP contribution in [0.4, 0.5) is 0 Å². The average molecular weight is 322 g/mol. The Morgan fingerprint density at radius 1 is 1.17 bits per heavy atom. The molecular weight excluding hydrogens is 292 g/mol. The first-order chi connectivity index (χ1) is 11.3. The molecule has 0 aromatic carbocycles. The Bertz CT molecular complexity index is 404. The number of carbonyl (C=O) groups is 1. The van der Waals surface area contributed by atoms with Gasteiger partial charge in [-0.25, -0.2) is 0 Å². The molecule has 3 fully saturated rings. The molecule has 5 heteroatoms. The van der Waals surface area contributed by atoms with Crippen LogP contribution >= 0.6 is 0 Å². The van der Waals surface area contributed by atoms with Crippen molar-refractivity contribution in [2.45, 2.75) is 44.6 Å². The normalized spacial score (nSPS) is 27.7. The van der Waals surface area contributed by atoms with E-state index in [1.165, 1.54) is 24.8 Å². The van der Waals surface area contributed by atoms with E-state index in [-0.39, 0.29) is 5.91 Å². The van der Waals surface area contributed by atoms with Gasteiger partial charge in [0.25, 0.3) is 0 Å². The topological polar surface area (TPSA) is 50.8 Å². The molecule has 1 N–H and O–H groups in total. The monoisotopic (exact) mass is 322 g/mol. The van der Waals surface area contributed by atoms with Crippen molar-refractivity contribution >= 4 is 5.91 Å². The highest BCUT2D eigenvalue weighted by molar-refractivity contribution is 5.88. The predicted molar refractivity (Wildman–Crippen MR) is 89.3 cm³/mol. The smallest absolute Gasteiger partial charge is 0.243 e. The molecule has 2 heterocycles. The van der Waals surface area contributed by atoms with E-state index in [4.69, 9.17) is 9.47 Å². The number of hydrogen-bond donors (Lipinski definition) is 1. The minimum absolute atomic E-state index is 0.0825. The van der Waals surface area contributed by atoms with E-state index in [0.717, 1.165) is 65.3 Å². The summed E-state index contributed by atoms with van der Waals surface area (Å²) in [4.78, 5) is 14.7. The molecule has 0 bridgehead atoms. The summed E-state index contributed by atoms with van der Waals surface area (Å²) in [7, 11) is 0. The summed E-state index contributed by atoms with van der Waals surface area (Å²) in [6.45, 7) is 5.89. The van der Waals surface area contributed by atoms with Gasteiger partial charge in [0.2, 0.25) is 5.91 Å². The molecule has 0 unspecified atom stereocenters. The van der Waals surface area contributed by atoms with Gasteiger partial charge in [-0.2, -0.15) is 0 Å². The van der Waals surface area contributed by atoms with Crippen molar-refractivity contribution in [1.29, 1.82) is 0 Å². The maximum Gasteiger partial charge on any atom is 0.243 e. The number of carbonyl (C=O) groups excluding carboxylic acids is 1. The lowest BCUT2D eigenvalue weighted by atomic mass is 9.94. The number of morpholine rings is 1. The van der Waals surface area contributed by atoms with E-state index in [1.54, 1.807) is 0 Å². The van der Waals surface area contributed by atoms with E-state index in [9.17, 15) is 4.79 Å². The van der Waals surface area contributed by atoms with Gasteiger partial charge in [0.15, 0.2) is 0 Å². The molecule has 0 aromatic heterocycles. The Balaban J connectivity index is 1.53. The Morgan fingerprint density at radius 3 is 2.65 bits per heavy atom. The maximum atomic E-state index is 12.3. The van der Waals surface area contributed by atoms with E-state index >= 15 is 0 Å². The second-order valence-corrected chi connectivity index (χ2v) is 6.95. The van der Waals surface area contributed by atoms with Crippen molar-refractivity contribution in [2.75, 3.05) is 46.1 Å². The molecular formula is C18H30N2O3. The summed E-state index contributed by atoms with van der Waals surface area (Å²) in [5, 5.41) is 3.15. The lowest BCUT2D eigenvalue weighted by Crippen LogP contribution is -2.52. The molecule has 1 amide bonds.